The van der Waals surface area contributed by atoms with Gasteiger partial charge >= 0.3 is 7.12 Å². The number of nitrogens with one attached hydrogen (secondary N) is 1. The molecule has 5 heteroatoms. The molecular weight excluding hydrogens is 313 g/mol. The van der Waals surface area contributed by atoms with Gasteiger partial charge in [0.05, 0.1) is 19.3 Å². The van der Waals surface area contributed by atoms with E-state index in [-0.39, 0.29) is 18.3 Å². The van der Waals surface area contributed by atoms with Crippen molar-refractivity contribution in [1.82, 2.24) is 5.32 Å². The number of hydrogen-bond acceptors (Lipinski definition) is 3. The zero-order chi connectivity index (χ0) is 18.2. The SMILES string of the molecule is CNCC(=Cc1cccc([Si](C)(C)C)c1)B1OC(C)(C)C(C)(C)O1. The van der Waals surface area contributed by atoms with Crippen LogP contribution in [-0.4, -0.2) is 40.0 Å². The molecule has 0 bridgehead atoms. The third kappa shape index (κ3) is 4.20. The molecule has 132 valence electrons. The van der Waals surface area contributed by atoms with Gasteiger partial charge in [-0.1, -0.05) is 55.2 Å². The van der Waals surface area contributed by atoms with Crippen LogP contribution < -0.4 is 10.5 Å². The summed E-state index contributed by atoms with van der Waals surface area (Å²) in [6.45, 7) is 16.2. The summed E-state index contributed by atoms with van der Waals surface area (Å²) in [6, 6.07) is 8.87. The fraction of sp³-hybridized carbons (Fsp3) is 0.579. The maximum atomic E-state index is 6.23. The van der Waals surface area contributed by atoms with E-state index in [0.29, 0.717) is 0 Å². The van der Waals surface area contributed by atoms with E-state index in [9.17, 15) is 0 Å². The summed E-state index contributed by atoms with van der Waals surface area (Å²) in [7, 11) is 0.329. The Hall–Kier alpha value is -0.878. The van der Waals surface area contributed by atoms with Crippen molar-refractivity contribution < 1.29 is 9.31 Å². The molecule has 0 atom stereocenters. The lowest BCUT2D eigenvalue weighted by Gasteiger charge is -2.32. The van der Waals surface area contributed by atoms with Crippen molar-refractivity contribution in [3.8, 4) is 0 Å². The second-order valence-corrected chi connectivity index (χ2v) is 13.8. The van der Waals surface area contributed by atoms with E-state index in [2.05, 4.69) is 83.0 Å². The largest absolute Gasteiger partial charge is 0.491 e. The Kier molecular flexibility index (Phi) is 5.50. The molecule has 1 heterocycles. The molecule has 1 aromatic rings. The summed E-state index contributed by atoms with van der Waals surface area (Å²) >= 11 is 0. The third-order valence-electron chi connectivity index (χ3n) is 5.04. The Balaban J connectivity index is 2.33. The van der Waals surface area contributed by atoms with Gasteiger partial charge in [0.2, 0.25) is 0 Å². The molecule has 1 saturated heterocycles. The van der Waals surface area contributed by atoms with Crippen LogP contribution in [0.25, 0.3) is 6.08 Å². The Bertz CT molecular complexity index is 604. The van der Waals surface area contributed by atoms with Crippen molar-refractivity contribution in [2.75, 3.05) is 13.6 Å². The molecular formula is C19H32BNO2Si. The van der Waals surface area contributed by atoms with Crippen LogP contribution in [0.15, 0.2) is 29.7 Å². The van der Waals surface area contributed by atoms with Crippen molar-refractivity contribution in [2.45, 2.75) is 58.5 Å². The predicted molar refractivity (Wildman–Crippen MR) is 107 cm³/mol. The fourth-order valence-electron chi connectivity index (χ4n) is 2.71. The summed E-state index contributed by atoms with van der Waals surface area (Å²) in [6.07, 6.45) is 2.21. The molecule has 1 fully saturated rings. The van der Waals surface area contributed by atoms with Gasteiger partial charge in [-0.05, 0) is 45.8 Å². The highest BCUT2D eigenvalue weighted by molar-refractivity contribution is 6.88. The second-order valence-electron chi connectivity index (χ2n) is 8.71. The molecule has 3 nitrogen and oxygen atoms in total. The Morgan fingerprint density at radius 2 is 1.71 bits per heavy atom. The van der Waals surface area contributed by atoms with Crippen molar-refractivity contribution in [3.05, 3.63) is 35.3 Å². The summed E-state index contributed by atoms with van der Waals surface area (Å²) < 4.78 is 12.5. The topological polar surface area (TPSA) is 30.5 Å². The van der Waals surface area contributed by atoms with Crippen LogP contribution in [0.2, 0.25) is 19.6 Å². The molecule has 0 aliphatic carbocycles. The van der Waals surface area contributed by atoms with Gasteiger partial charge in [-0.25, -0.2) is 0 Å². The molecule has 24 heavy (non-hydrogen) atoms. The number of hydrogen-bond donors (Lipinski definition) is 1. The average Bonchev–Trinajstić information content (AvgIpc) is 2.66. The molecule has 1 N–H and O–H groups in total. The molecule has 0 spiro atoms. The number of likely N-dealkylation sites (N-methyl/N-ethyl adjacent to an activating group) is 1. The van der Waals surface area contributed by atoms with Crippen molar-refractivity contribution in [1.29, 1.82) is 0 Å². The summed E-state index contributed by atoms with van der Waals surface area (Å²) in [5, 5.41) is 4.71. The Labute approximate surface area is 149 Å². The maximum Gasteiger partial charge on any atom is 0.491 e. The summed E-state index contributed by atoms with van der Waals surface area (Å²) in [4.78, 5) is 0. The lowest BCUT2D eigenvalue weighted by Crippen LogP contribution is -2.41. The lowest BCUT2D eigenvalue weighted by molar-refractivity contribution is 0.00578. The monoisotopic (exact) mass is 345 g/mol. The van der Waals surface area contributed by atoms with Crippen molar-refractivity contribution in [2.24, 2.45) is 0 Å². The first-order valence-electron chi connectivity index (χ1n) is 8.77. The van der Waals surface area contributed by atoms with Crippen LogP contribution >= 0.6 is 0 Å². The van der Waals surface area contributed by atoms with E-state index < -0.39 is 8.07 Å². The normalized spacial score (nSPS) is 20.5. The minimum atomic E-state index is -1.32. The van der Waals surface area contributed by atoms with Gasteiger partial charge in [-0.15, -0.1) is 0 Å². The Morgan fingerprint density at radius 1 is 1.12 bits per heavy atom. The molecule has 1 aliphatic rings. The molecule has 0 radical (unpaired) electrons. The molecule has 0 unspecified atom stereocenters. The first-order valence-corrected chi connectivity index (χ1v) is 12.3. The van der Waals surface area contributed by atoms with E-state index in [1.165, 1.54) is 10.8 Å². The van der Waals surface area contributed by atoms with E-state index >= 15 is 0 Å². The molecule has 0 amide bonds. The zero-order valence-electron chi connectivity index (χ0n) is 16.5. The highest BCUT2D eigenvalue weighted by Gasteiger charge is 2.52. The van der Waals surface area contributed by atoms with Crippen molar-refractivity contribution >= 4 is 26.5 Å². The maximum absolute atomic E-state index is 6.23. The zero-order valence-corrected chi connectivity index (χ0v) is 17.5. The van der Waals surface area contributed by atoms with Crippen LogP contribution in [0.4, 0.5) is 0 Å². The van der Waals surface area contributed by atoms with Crippen LogP contribution in [0.1, 0.15) is 33.3 Å². The van der Waals surface area contributed by atoms with Gasteiger partial charge in [-0.3, -0.25) is 0 Å². The minimum Gasteiger partial charge on any atom is -0.400 e. The average molecular weight is 345 g/mol. The smallest absolute Gasteiger partial charge is 0.400 e. The van der Waals surface area contributed by atoms with E-state index in [4.69, 9.17) is 9.31 Å². The van der Waals surface area contributed by atoms with Gasteiger partial charge in [0.15, 0.2) is 0 Å². The molecule has 0 saturated carbocycles. The van der Waals surface area contributed by atoms with Crippen LogP contribution in [0.3, 0.4) is 0 Å². The van der Waals surface area contributed by atoms with Crippen molar-refractivity contribution in [3.63, 3.8) is 0 Å². The van der Waals surface area contributed by atoms with Crippen LogP contribution in [-0.2, 0) is 9.31 Å². The summed E-state index contributed by atoms with van der Waals surface area (Å²) in [5.41, 5.74) is 1.72. The van der Waals surface area contributed by atoms with E-state index in [0.717, 1.165) is 12.0 Å². The van der Waals surface area contributed by atoms with E-state index in [1.54, 1.807) is 0 Å². The Morgan fingerprint density at radius 3 is 2.21 bits per heavy atom. The van der Waals surface area contributed by atoms with E-state index in [1.807, 2.05) is 7.05 Å². The van der Waals surface area contributed by atoms with Gasteiger partial charge in [0.25, 0.3) is 0 Å². The fourth-order valence-corrected chi connectivity index (χ4v) is 3.91. The highest BCUT2D eigenvalue weighted by Crippen LogP contribution is 2.38. The quantitative estimate of drug-likeness (QED) is 0.829. The highest BCUT2D eigenvalue weighted by atomic mass is 28.3. The van der Waals surface area contributed by atoms with Crippen LogP contribution in [0.5, 0.6) is 0 Å². The van der Waals surface area contributed by atoms with Crippen LogP contribution in [0, 0.1) is 0 Å². The number of benzene rings is 1. The molecule has 2 rings (SSSR count). The molecule has 1 aromatic carbocycles. The van der Waals surface area contributed by atoms with Gasteiger partial charge in [0.1, 0.15) is 0 Å². The first-order chi connectivity index (χ1) is 11.0. The molecule has 1 aliphatic heterocycles. The third-order valence-corrected chi connectivity index (χ3v) is 7.08. The minimum absolute atomic E-state index is 0.307. The first kappa shape index (κ1) is 19.4. The van der Waals surface area contributed by atoms with Gasteiger partial charge < -0.3 is 14.6 Å². The van der Waals surface area contributed by atoms with Gasteiger partial charge in [-0.2, -0.15) is 0 Å². The van der Waals surface area contributed by atoms with Gasteiger partial charge in [0, 0.05) is 6.54 Å². The molecule has 0 aromatic heterocycles. The summed E-state index contributed by atoms with van der Waals surface area (Å²) in [5.74, 6) is 0. The number of rotatable bonds is 5. The standard InChI is InChI=1S/C19H32BNO2Si/c1-18(2)19(3,4)23-20(22-18)16(14-21-5)12-15-10-9-11-17(13-15)24(6,7)8/h9-13,21H,14H2,1-8H3. The lowest BCUT2D eigenvalue weighted by atomic mass is 9.77. The second kappa shape index (κ2) is 6.79. The predicted octanol–water partition coefficient (Wildman–Crippen LogP) is 3.47.